The number of rotatable bonds is 5. The molecule has 5 nitrogen and oxygen atoms in total. The van der Waals surface area contributed by atoms with Gasteiger partial charge in [-0.2, -0.15) is 0 Å². The Balaban J connectivity index is 1.98. The largest absolute Gasteiger partial charge is 0.420 e. The van der Waals surface area contributed by atoms with Crippen LogP contribution in [0.15, 0.2) is 82.9 Å². The second-order valence-electron chi connectivity index (χ2n) is 8.08. The fraction of sp³-hybridized carbons (Fsp3) is 0.200. The van der Waals surface area contributed by atoms with E-state index in [1.165, 1.54) is 11.8 Å². The molecule has 2 heterocycles. The summed E-state index contributed by atoms with van der Waals surface area (Å²) in [5, 5.41) is 0.371. The number of fused-ring (bicyclic) bond motifs is 1. The first-order valence-electron chi connectivity index (χ1n) is 10.3. The number of nitrogens with zero attached hydrogens (tertiary/aromatic N) is 2. The first kappa shape index (κ1) is 24.1. The van der Waals surface area contributed by atoms with Gasteiger partial charge < -0.3 is 13.9 Å². The molecule has 0 saturated heterocycles. The molecule has 0 unspecified atom stereocenters. The third-order valence-electron chi connectivity index (χ3n) is 5.19. The molecule has 0 aliphatic heterocycles. The number of pyridine rings is 1. The van der Waals surface area contributed by atoms with Crippen LogP contribution in [-0.4, -0.2) is 18.7 Å². The highest BCUT2D eigenvalue weighted by molar-refractivity contribution is 14.1. The van der Waals surface area contributed by atoms with Crippen LogP contribution in [0.5, 0.6) is 0 Å². The molecule has 4 aromatic rings. The summed E-state index contributed by atoms with van der Waals surface area (Å²) in [4.78, 5) is 29.8. The van der Waals surface area contributed by atoms with Crippen molar-refractivity contribution in [3.63, 3.8) is 0 Å². The second kappa shape index (κ2) is 9.68. The number of hydrogen-bond donors (Lipinski definition) is 0. The summed E-state index contributed by atoms with van der Waals surface area (Å²) in [6.07, 6.45) is 0. The number of hydrogen-bond acceptors (Lipinski definition) is 5. The normalized spacial score (nSPS) is 11.4. The third-order valence-corrected chi connectivity index (χ3v) is 7.59. The minimum Gasteiger partial charge on any atom is -0.420 e. The van der Waals surface area contributed by atoms with Gasteiger partial charge in [-0.1, -0.05) is 30.0 Å². The maximum absolute atomic E-state index is 13.7. The number of aromatic nitrogens is 1. The lowest BCUT2D eigenvalue weighted by Crippen LogP contribution is -2.25. The van der Waals surface area contributed by atoms with Gasteiger partial charge >= 0.3 is 5.63 Å². The minimum atomic E-state index is -0.471. The van der Waals surface area contributed by atoms with E-state index in [0.717, 1.165) is 19.7 Å². The van der Waals surface area contributed by atoms with Crippen molar-refractivity contribution in [2.24, 2.45) is 0 Å². The molecule has 0 spiro atoms. The fourth-order valence-electron chi connectivity index (χ4n) is 3.64. The van der Waals surface area contributed by atoms with Crippen molar-refractivity contribution in [1.82, 2.24) is 4.57 Å². The second-order valence-corrected chi connectivity index (χ2v) is 11.2. The van der Waals surface area contributed by atoms with E-state index in [0.29, 0.717) is 20.4 Å². The van der Waals surface area contributed by atoms with Crippen LogP contribution in [0.3, 0.4) is 0 Å². The highest BCUT2D eigenvalue weighted by atomic mass is 127. The molecule has 0 fully saturated rings. The molecule has 170 valence electrons. The maximum Gasteiger partial charge on any atom is 0.350 e. The molecule has 0 radical (unpaired) electrons. The first-order chi connectivity index (χ1) is 15.7. The van der Waals surface area contributed by atoms with Gasteiger partial charge in [0.25, 0.3) is 5.56 Å². The lowest BCUT2D eigenvalue weighted by molar-refractivity contribution is 0.534. The first-order valence-corrected chi connectivity index (χ1v) is 13.0. The Labute approximate surface area is 218 Å². The quantitative estimate of drug-likeness (QED) is 0.226. The predicted molar refractivity (Wildman–Crippen MR) is 148 cm³/mol. The van der Waals surface area contributed by atoms with Gasteiger partial charge in [-0.3, -0.25) is 4.79 Å². The molecule has 0 saturated carbocycles. The Bertz CT molecular complexity index is 1480. The Kier molecular flexibility index (Phi) is 7.07. The monoisotopic (exact) mass is 636 g/mol. The molecule has 0 N–H and O–H groups in total. The zero-order valence-electron chi connectivity index (χ0n) is 18.6. The third kappa shape index (κ3) is 4.79. The van der Waals surface area contributed by atoms with Crippen LogP contribution >= 0.6 is 50.3 Å². The van der Waals surface area contributed by atoms with Crippen LogP contribution in [0, 0.1) is 3.57 Å². The molecule has 8 heteroatoms. The van der Waals surface area contributed by atoms with Crippen molar-refractivity contribution >= 4 is 66.9 Å². The summed E-state index contributed by atoms with van der Waals surface area (Å²) in [5.41, 5.74) is 2.16. The standard InChI is InChI=1S/C25H22BrIN2O3S/c1-14(2)29-22(15-7-5-9-17(11-15)28(3)4)21(26)23-19(24(29)30)13-20(25(31)32-23)33-18-10-6-8-16(27)12-18/h5-14H,1-4H3. The molecule has 33 heavy (non-hydrogen) atoms. The van der Waals surface area contributed by atoms with Gasteiger partial charge in [-0.25, -0.2) is 4.79 Å². The van der Waals surface area contributed by atoms with Gasteiger partial charge in [0.2, 0.25) is 0 Å². The maximum atomic E-state index is 13.7. The summed E-state index contributed by atoms with van der Waals surface area (Å²) in [6, 6.07) is 17.3. The zero-order chi connectivity index (χ0) is 23.9. The molecule has 0 aliphatic carbocycles. The Hall–Kier alpha value is -2.04. The minimum absolute atomic E-state index is 0.102. The van der Waals surface area contributed by atoms with E-state index < -0.39 is 5.63 Å². The summed E-state index contributed by atoms with van der Waals surface area (Å²) in [5.74, 6) is 0. The molecule has 0 aliphatic rings. The van der Waals surface area contributed by atoms with Gasteiger partial charge in [0.1, 0.15) is 0 Å². The molecule has 4 rings (SSSR count). The van der Waals surface area contributed by atoms with Crippen LogP contribution < -0.4 is 16.1 Å². The molecule has 0 bridgehead atoms. The van der Waals surface area contributed by atoms with Crippen molar-refractivity contribution in [3.8, 4) is 11.3 Å². The highest BCUT2D eigenvalue weighted by Gasteiger charge is 2.22. The van der Waals surface area contributed by atoms with Crippen molar-refractivity contribution in [2.75, 3.05) is 19.0 Å². The average Bonchev–Trinajstić information content (AvgIpc) is 2.76. The van der Waals surface area contributed by atoms with Crippen molar-refractivity contribution in [3.05, 3.63) is 83.4 Å². The Morgan fingerprint density at radius 1 is 1.06 bits per heavy atom. The topological polar surface area (TPSA) is 55.5 Å². The number of anilines is 1. The smallest absolute Gasteiger partial charge is 0.350 e. The van der Waals surface area contributed by atoms with E-state index >= 15 is 0 Å². The summed E-state index contributed by atoms with van der Waals surface area (Å²) in [7, 11) is 3.94. The van der Waals surface area contributed by atoms with Gasteiger partial charge in [0.15, 0.2) is 5.58 Å². The van der Waals surface area contributed by atoms with E-state index in [9.17, 15) is 9.59 Å². The molecule has 0 atom stereocenters. The van der Waals surface area contributed by atoms with E-state index in [4.69, 9.17) is 4.42 Å². The zero-order valence-corrected chi connectivity index (χ0v) is 23.1. The van der Waals surface area contributed by atoms with Crippen molar-refractivity contribution < 1.29 is 4.42 Å². The fourth-order valence-corrected chi connectivity index (χ4v) is 6.00. The number of halogens is 2. The van der Waals surface area contributed by atoms with Gasteiger partial charge in [-0.05, 0) is 88.8 Å². The van der Waals surface area contributed by atoms with Crippen LogP contribution in [-0.2, 0) is 0 Å². The summed E-state index contributed by atoms with van der Waals surface area (Å²) in [6.45, 7) is 3.94. The molecular formula is C25H22BrIN2O3S. The lowest BCUT2D eigenvalue weighted by Gasteiger charge is -2.21. The predicted octanol–water partition coefficient (Wildman–Crippen LogP) is 6.79. The Morgan fingerprint density at radius 3 is 2.45 bits per heavy atom. The number of benzene rings is 2. The van der Waals surface area contributed by atoms with Gasteiger partial charge in [0.05, 0.1) is 20.4 Å². The van der Waals surface area contributed by atoms with Crippen LogP contribution in [0.2, 0.25) is 0 Å². The summed E-state index contributed by atoms with van der Waals surface area (Å²) < 4.78 is 9.14. The lowest BCUT2D eigenvalue weighted by atomic mass is 10.1. The van der Waals surface area contributed by atoms with E-state index in [-0.39, 0.29) is 17.2 Å². The molecule has 0 amide bonds. The SMILES string of the molecule is CC(C)n1c(-c2cccc(N(C)C)c2)c(Br)c2oc(=O)c(Sc3cccc(I)c3)cc2c1=O. The van der Waals surface area contributed by atoms with Crippen molar-refractivity contribution in [1.29, 1.82) is 0 Å². The average molecular weight is 637 g/mol. The van der Waals surface area contributed by atoms with Crippen LogP contribution in [0.25, 0.3) is 22.2 Å². The van der Waals surface area contributed by atoms with Crippen LogP contribution in [0.4, 0.5) is 5.69 Å². The van der Waals surface area contributed by atoms with Gasteiger partial charge in [-0.15, -0.1) is 0 Å². The van der Waals surface area contributed by atoms with E-state index in [1.54, 1.807) is 10.6 Å². The van der Waals surface area contributed by atoms with E-state index in [1.807, 2.05) is 81.4 Å². The molecule has 2 aromatic carbocycles. The van der Waals surface area contributed by atoms with Crippen LogP contribution in [0.1, 0.15) is 19.9 Å². The summed E-state index contributed by atoms with van der Waals surface area (Å²) >= 11 is 7.18. The van der Waals surface area contributed by atoms with Gasteiger partial charge in [0, 0.05) is 39.9 Å². The highest BCUT2D eigenvalue weighted by Crippen LogP contribution is 2.37. The van der Waals surface area contributed by atoms with Crippen molar-refractivity contribution in [2.45, 2.75) is 29.7 Å². The Morgan fingerprint density at radius 2 is 1.79 bits per heavy atom. The molecule has 2 aromatic heterocycles. The van der Waals surface area contributed by atoms with E-state index in [2.05, 4.69) is 38.5 Å². The molecular weight excluding hydrogens is 615 g/mol.